The highest BCUT2D eigenvalue weighted by Gasteiger charge is 2.47. The predicted octanol–water partition coefficient (Wildman–Crippen LogP) is 4.34. The number of nitrogens with zero attached hydrogens (tertiary/aromatic N) is 1. The number of aliphatic hydroxyl groups excluding tert-OH is 1. The van der Waals surface area contributed by atoms with Gasteiger partial charge in [-0.2, -0.15) is 0 Å². The van der Waals surface area contributed by atoms with Crippen LogP contribution in [0.5, 0.6) is 17.2 Å². The fraction of sp³-hybridized carbons (Fsp3) is 0.154. The van der Waals surface area contributed by atoms with Crippen LogP contribution in [-0.2, 0) is 9.59 Å². The Kier molecular flexibility index (Phi) is 5.79. The Balaban J connectivity index is 1.99. The summed E-state index contributed by atoms with van der Waals surface area (Å²) in [7, 11) is 2.94. The molecule has 2 N–H and O–H groups in total. The van der Waals surface area contributed by atoms with Crippen molar-refractivity contribution in [1.82, 2.24) is 0 Å². The molecule has 4 rings (SSSR count). The Bertz CT molecular complexity index is 1280. The number of phenols is 1. The number of rotatable bonds is 5. The Morgan fingerprint density at radius 1 is 0.939 bits per heavy atom. The number of amides is 1. The number of benzene rings is 3. The minimum atomic E-state index is -0.954. The first-order valence-electron chi connectivity index (χ1n) is 10.2. The Morgan fingerprint density at radius 3 is 2.36 bits per heavy atom. The lowest BCUT2D eigenvalue weighted by Gasteiger charge is -2.26. The van der Waals surface area contributed by atoms with Gasteiger partial charge in [0.1, 0.15) is 23.0 Å². The summed E-state index contributed by atoms with van der Waals surface area (Å²) in [4.78, 5) is 27.7. The van der Waals surface area contributed by atoms with Crippen LogP contribution in [0.2, 0.25) is 0 Å². The molecule has 1 aliphatic rings. The molecule has 0 saturated carbocycles. The Morgan fingerprint density at radius 2 is 1.70 bits per heavy atom. The first kappa shape index (κ1) is 22.0. The van der Waals surface area contributed by atoms with E-state index in [9.17, 15) is 19.8 Å². The number of hydrogen-bond acceptors (Lipinski definition) is 6. The van der Waals surface area contributed by atoms with E-state index in [2.05, 4.69) is 0 Å². The highest BCUT2D eigenvalue weighted by Crippen LogP contribution is 2.45. The Hall–Kier alpha value is -4.26. The number of ether oxygens (including phenoxy) is 2. The van der Waals surface area contributed by atoms with Gasteiger partial charge in [0.25, 0.3) is 11.7 Å². The predicted molar refractivity (Wildman–Crippen MR) is 124 cm³/mol. The van der Waals surface area contributed by atoms with E-state index in [1.54, 1.807) is 42.5 Å². The van der Waals surface area contributed by atoms with Gasteiger partial charge in [0.15, 0.2) is 0 Å². The summed E-state index contributed by atoms with van der Waals surface area (Å²) in [5, 5.41) is 21.8. The van der Waals surface area contributed by atoms with Gasteiger partial charge in [0.2, 0.25) is 0 Å². The van der Waals surface area contributed by atoms with Crippen LogP contribution in [-0.4, -0.2) is 36.1 Å². The lowest BCUT2D eigenvalue weighted by atomic mass is 9.94. The quantitative estimate of drug-likeness (QED) is 0.345. The smallest absolute Gasteiger partial charge is 0.300 e. The number of phenolic OH excluding ortho intramolecular Hbond substituents is 1. The molecule has 0 radical (unpaired) electrons. The summed E-state index contributed by atoms with van der Waals surface area (Å²) < 4.78 is 10.6. The lowest BCUT2D eigenvalue weighted by molar-refractivity contribution is -0.132. The van der Waals surface area contributed by atoms with E-state index in [4.69, 9.17) is 9.47 Å². The second-order valence-corrected chi connectivity index (χ2v) is 7.64. The first-order chi connectivity index (χ1) is 15.9. The van der Waals surface area contributed by atoms with Crippen molar-refractivity contribution in [2.75, 3.05) is 19.1 Å². The van der Waals surface area contributed by atoms with Crippen molar-refractivity contribution < 1.29 is 29.3 Å². The number of hydrogen-bond donors (Lipinski definition) is 2. The molecule has 7 nitrogen and oxygen atoms in total. The molecule has 0 spiro atoms. The van der Waals surface area contributed by atoms with E-state index in [1.807, 2.05) is 25.1 Å². The molecule has 1 fully saturated rings. The number of Topliss-reactive ketones (excluding diaryl/α,β-unsaturated/α-hetero) is 1. The van der Waals surface area contributed by atoms with Crippen molar-refractivity contribution in [1.29, 1.82) is 0 Å². The molecule has 1 saturated heterocycles. The van der Waals surface area contributed by atoms with E-state index in [1.165, 1.54) is 25.2 Å². The molecule has 0 aliphatic carbocycles. The van der Waals surface area contributed by atoms with Gasteiger partial charge in [0, 0.05) is 6.07 Å². The summed E-state index contributed by atoms with van der Waals surface area (Å²) in [6.07, 6.45) is 0. The molecule has 3 aromatic carbocycles. The summed E-state index contributed by atoms with van der Waals surface area (Å²) in [6, 6.07) is 17.4. The van der Waals surface area contributed by atoms with Crippen molar-refractivity contribution in [2.24, 2.45) is 0 Å². The van der Waals surface area contributed by atoms with Crippen LogP contribution in [0.15, 0.2) is 72.3 Å². The fourth-order valence-corrected chi connectivity index (χ4v) is 4.04. The number of carbonyl (C=O) groups is 2. The highest BCUT2D eigenvalue weighted by molar-refractivity contribution is 6.52. The molecular formula is C26H23NO6. The van der Waals surface area contributed by atoms with Crippen LogP contribution >= 0.6 is 0 Å². The molecule has 0 bridgehead atoms. The maximum Gasteiger partial charge on any atom is 0.300 e. The topological polar surface area (TPSA) is 96.3 Å². The second-order valence-electron chi connectivity index (χ2n) is 7.64. The van der Waals surface area contributed by atoms with Gasteiger partial charge in [-0.05, 0) is 36.8 Å². The van der Waals surface area contributed by atoms with Crippen LogP contribution in [0.3, 0.4) is 0 Å². The molecule has 3 aromatic rings. The molecule has 1 unspecified atom stereocenters. The monoisotopic (exact) mass is 445 g/mol. The maximum absolute atomic E-state index is 13.3. The average Bonchev–Trinajstić information content (AvgIpc) is 3.09. The van der Waals surface area contributed by atoms with E-state index in [0.29, 0.717) is 11.3 Å². The third kappa shape index (κ3) is 3.78. The van der Waals surface area contributed by atoms with E-state index < -0.39 is 17.7 Å². The molecular weight excluding hydrogens is 422 g/mol. The summed E-state index contributed by atoms with van der Waals surface area (Å²) in [5.41, 5.74) is 1.85. The number of anilines is 1. The zero-order chi connectivity index (χ0) is 23.7. The average molecular weight is 445 g/mol. The molecule has 33 heavy (non-hydrogen) atoms. The number of ketones is 1. The summed E-state index contributed by atoms with van der Waals surface area (Å²) >= 11 is 0. The minimum Gasteiger partial charge on any atom is -0.507 e. The SMILES string of the molecule is COc1ccc(/C(O)=C2/C(=O)C(=O)N(c3ccccc3O)C2c2cccc(C)c2)c(OC)c1. The lowest BCUT2D eigenvalue weighted by Crippen LogP contribution is -2.29. The van der Waals surface area contributed by atoms with Gasteiger partial charge >= 0.3 is 0 Å². The van der Waals surface area contributed by atoms with E-state index >= 15 is 0 Å². The van der Waals surface area contributed by atoms with Crippen molar-refractivity contribution in [3.63, 3.8) is 0 Å². The fourth-order valence-electron chi connectivity index (χ4n) is 4.04. The summed E-state index contributed by atoms with van der Waals surface area (Å²) in [5.74, 6) is -1.45. The zero-order valence-corrected chi connectivity index (χ0v) is 18.4. The van der Waals surface area contributed by atoms with Gasteiger partial charge in [-0.25, -0.2) is 0 Å². The van der Waals surface area contributed by atoms with Crippen LogP contribution in [0.4, 0.5) is 5.69 Å². The highest BCUT2D eigenvalue weighted by atomic mass is 16.5. The molecule has 1 atom stereocenters. The van der Waals surface area contributed by atoms with Crippen LogP contribution in [0.1, 0.15) is 22.7 Å². The van der Waals surface area contributed by atoms with Gasteiger partial charge in [-0.3, -0.25) is 14.5 Å². The maximum atomic E-state index is 13.3. The summed E-state index contributed by atoms with van der Waals surface area (Å²) in [6.45, 7) is 1.89. The van der Waals surface area contributed by atoms with Gasteiger partial charge in [0.05, 0.1) is 37.1 Å². The number of aliphatic hydroxyl groups is 1. The molecule has 0 aromatic heterocycles. The number of aromatic hydroxyl groups is 1. The van der Waals surface area contributed by atoms with Gasteiger partial charge < -0.3 is 19.7 Å². The molecule has 1 amide bonds. The zero-order valence-electron chi connectivity index (χ0n) is 18.4. The number of carbonyl (C=O) groups excluding carboxylic acids is 2. The number of methoxy groups -OCH3 is 2. The van der Waals surface area contributed by atoms with Crippen molar-refractivity contribution in [2.45, 2.75) is 13.0 Å². The van der Waals surface area contributed by atoms with Crippen LogP contribution in [0, 0.1) is 6.92 Å². The molecule has 168 valence electrons. The third-order valence-corrected chi connectivity index (χ3v) is 5.61. The largest absolute Gasteiger partial charge is 0.507 e. The van der Waals surface area contributed by atoms with E-state index in [0.717, 1.165) is 5.56 Å². The molecule has 1 heterocycles. The van der Waals surface area contributed by atoms with Crippen molar-refractivity contribution in [3.8, 4) is 17.2 Å². The molecule has 7 heteroatoms. The second kappa shape index (κ2) is 8.70. The van der Waals surface area contributed by atoms with Crippen molar-refractivity contribution in [3.05, 3.63) is 89.0 Å². The molecule has 1 aliphatic heterocycles. The van der Waals surface area contributed by atoms with E-state index in [-0.39, 0.29) is 34.1 Å². The van der Waals surface area contributed by atoms with Gasteiger partial charge in [-0.1, -0.05) is 42.0 Å². The first-order valence-corrected chi connectivity index (χ1v) is 10.2. The van der Waals surface area contributed by atoms with Crippen LogP contribution in [0.25, 0.3) is 5.76 Å². The standard InChI is InChI=1S/C26H23NO6/c1-15-7-6-8-16(13-15)23-22(24(29)18-12-11-17(32-2)14-21(18)33-3)25(30)26(31)27(23)19-9-4-5-10-20(19)28/h4-14,23,28-29H,1-3H3/b24-22-. The Labute approximate surface area is 191 Å². The minimum absolute atomic E-state index is 0.0997. The normalized spacial score (nSPS) is 17.3. The number of para-hydroxylation sites is 2. The van der Waals surface area contributed by atoms with Gasteiger partial charge in [-0.15, -0.1) is 0 Å². The van der Waals surface area contributed by atoms with Crippen LogP contribution < -0.4 is 14.4 Å². The number of aryl methyl sites for hydroxylation is 1. The third-order valence-electron chi connectivity index (χ3n) is 5.61. The van der Waals surface area contributed by atoms with Crippen molar-refractivity contribution >= 4 is 23.1 Å².